The number of carbonyl (C=O) groups is 2. The lowest BCUT2D eigenvalue weighted by Gasteiger charge is -2.31. The van der Waals surface area contributed by atoms with Crippen LogP contribution in [0, 0.1) is 0 Å². The van der Waals surface area contributed by atoms with E-state index in [1.807, 2.05) is 36.4 Å². The average Bonchev–Trinajstić information content (AvgIpc) is 3.71. The molecule has 236 valence electrons. The van der Waals surface area contributed by atoms with Gasteiger partial charge in [0.25, 0.3) is 0 Å². The van der Waals surface area contributed by atoms with E-state index in [0.29, 0.717) is 0 Å². The lowest BCUT2D eigenvalue weighted by molar-refractivity contribution is -0.146. The fraction of sp³-hybridized carbons (Fsp3) is 0.263. The van der Waals surface area contributed by atoms with Crippen LogP contribution in [-0.2, 0) is 31.9 Å². The minimum Gasteiger partial charge on any atom is -0.456 e. The number of nitrogens with two attached hydrogens (primary N) is 2. The van der Waals surface area contributed by atoms with Crippen molar-refractivity contribution in [2.24, 2.45) is 11.5 Å². The molecule has 8 nitrogen and oxygen atoms in total. The van der Waals surface area contributed by atoms with Gasteiger partial charge < -0.3 is 30.7 Å². The summed E-state index contributed by atoms with van der Waals surface area (Å²) in [6.45, 7) is 4.97. The van der Waals surface area contributed by atoms with Gasteiger partial charge in [-0.2, -0.15) is 0 Å². The summed E-state index contributed by atoms with van der Waals surface area (Å²) in [5.41, 5.74) is 22.1. The number of esters is 2. The van der Waals surface area contributed by atoms with Crippen molar-refractivity contribution in [3.8, 4) is 22.3 Å². The molecule has 0 radical (unpaired) electrons. The van der Waals surface area contributed by atoms with E-state index in [0.717, 1.165) is 71.7 Å². The number of rotatable bonds is 10. The van der Waals surface area contributed by atoms with Crippen molar-refractivity contribution in [1.29, 1.82) is 0 Å². The molecule has 2 aliphatic heterocycles. The monoisotopic (exact) mass is 616 g/mol. The summed E-state index contributed by atoms with van der Waals surface area (Å²) in [6.07, 6.45) is 1.52. The standard InChI is InChI=1S/C38H40N4O4/c1-25(37(39)41-21-19-29-13-15-31(23-33(29)41)27-9-5-3-6-10-27)45-35(43)17-18-36(44)46-26(2)38(40)42-22-20-30-14-16-32(24-34(30)42)28-11-7-4-8-12-28/h3-18,23-26,37-38H,19-22,39-40H2,1-2H3/b18-17+/t25?,26?,37-,38-/m0/s1. The van der Waals surface area contributed by atoms with Gasteiger partial charge in [-0.25, -0.2) is 9.59 Å². The summed E-state index contributed by atoms with van der Waals surface area (Å²) in [4.78, 5) is 29.4. The van der Waals surface area contributed by atoms with Crippen LogP contribution in [0.4, 0.5) is 11.4 Å². The fourth-order valence-electron chi connectivity index (χ4n) is 6.27. The number of fused-ring (bicyclic) bond motifs is 2. The Morgan fingerprint density at radius 1 is 0.609 bits per heavy atom. The molecule has 4 aromatic rings. The van der Waals surface area contributed by atoms with Crippen LogP contribution < -0.4 is 21.3 Å². The average molecular weight is 617 g/mol. The van der Waals surface area contributed by atoms with Crippen molar-refractivity contribution in [2.75, 3.05) is 22.9 Å². The molecule has 2 aliphatic rings. The number of ether oxygens (including phenoxy) is 2. The predicted molar refractivity (Wildman–Crippen MR) is 182 cm³/mol. The first kappa shape index (κ1) is 31.1. The first-order valence-electron chi connectivity index (χ1n) is 15.8. The molecule has 0 amide bonds. The summed E-state index contributed by atoms with van der Waals surface area (Å²) in [6, 6.07) is 33.1. The van der Waals surface area contributed by atoms with Crippen LogP contribution in [-0.4, -0.2) is 49.6 Å². The highest BCUT2D eigenvalue weighted by Crippen LogP contribution is 2.35. The van der Waals surface area contributed by atoms with Gasteiger partial charge in [0.05, 0.1) is 0 Å². The van der Waals surface area contributed by atoms with E-state index < -0.39 is 36.5 Å². The van der Waals surface area contributed by atoms with Crippen molar-refractivity contribution in [3.63, 3.8) is 0 Å². The highest BCUT2D eigenvalue weighted by atomic mass is 16.6. The SMILES string of the molecule is CC(OC(=O)/C=C/C(=O)OC(C)[C@@H](N)N1CCc2ccc(-c3ccccc3)cc21)[C@@H](N)N1CCc2ccc(-c3ccccc3)cc21. The maximum atomic E-state index is 12.7. The highest BCUT2D eigenvalue weighted by molar-refractivity contribution is 5.92. The largest absolute Gasteiger partial charge is 0.456 e. The van der Waals surface area contributed by atoms with E-state index in [-0.39, 0.29) is 0 Å². The van der Waals surface area contributed by atoms with Gasteiger partial charge in [-0.3, -0.25) is 0 Å². The molecular formula is C38H40N4O4. The molecule has 0 aromatic heterocycles. The van der Waals surface area contributed by atoms with Gasteiger partial charge >= 0.3 is 11.9 Å². The molecule has 4 N–H and O–H groups in total. The molecule has 6 rings (SSSR count). The summed E-state index contributed by atoms with van der Waals surface area (Å²) in [5.74, 6) is -1.34. The molecule has 0 aliphatic carbocycles. The van der Waals surface area contributed by atoms with Gasteiger partial charge in [0.1, 0.15) is 24.5 Å². The molecule has 0 saturated carbocycles. The Balaban J connectivity index is 1.03. The van der Waals surface area contributed by atoms with Crippen LogP contribution in [0.15, 0.2) is 109 Å². The zero-order chi connectivity index (χ0) is 32.2. The van der Waals surface area contributed by atoms with Crippen molar-refractivity contribution in [2.45, 2.75) is 51.2 Å². The Labute approximate surface area is 270 Å². The Kier molecular flexibility index (Phi) is 9.19. The van der Waals surface area contributed by atoms with Gasteiger partial charge in [-0.05, 0) is 72.2 Å². The molecule has 0 bridgehead atoms. The molecule has 0 fully saturated rings. The van der Waals surface area contributed by atoms with Crippen LogP contribution in [0.25, 0.3) is 22.3 Å². The second-order valence-electron chi connectivity index (χ2n) is 11.9. The number of benzene rings is 4. The first-order valence-corrected chi connectivity index (χ1v) is 15.8. The van der Waals surface area contributed by atoms with Crippen LogP contribution >= 0.6 is 0 Å². The Morgan fingerprint density at radius 2 is 1.00 bits per heavy atom. The zero-order valence-electron chi connectivity index (χ0n) is 26.2. The Bertz CT molecular complexity index is 1600. The molecule has 2 unspecified atom stereocenters. The van der Waals surface area contributed by atoms with Crippen LogP contribution in [0.3, 0.4) is 0 Å². The lowest BCUT2D eigenvalue weighted by atomic mass is 10.0. The number of anilines is 2. The van der Waals surface area contributed by atoms with Gasteiger partial charge in [0.15, 0.2) is 0 Å². The maximum Gasteiger partial charge on any atom is 0.331 e. The van der Waals surface area contributed by atoms with Gasteiger partial charge in [0.2, 0.25) is 0 Å². The molecule has 0 saturated heterocycles. The lowest BCUT2D eigenvalue weighted by Crippen LogP contribution is -2.50. The second kappa shape index (κ2) is 13.6. The second-order valence-corrected chi connectivity index (χ2v) is 11.9. The number of carbonyl (C=O) groups excluding carboxylic acids is 2. The van der Waals surface area contributed by atoms with Gasteiger partial charge in [-0.1, -0.05) is 84.9 Å². The van der Waals surface area contributed by atoms with Gasteiger partial charge in [0, 0.05) is 36.6 Å². The van der Waals surface area contributed by atoms with E-state index >= 15 is 0 Å². The van der Waals surface area contributed by atoms with E-state index in [1.165, 1.54) is 11.1 Å². The maximum absolute atomic E-state index is 12.7. The summed E-state index contributed by atoms with van der Waals surface area (Å²) < 4.78 is 11.2. The molecule has 2 heterocycles. The topological polar surface area (TPSA) is 111 Å². The van der Waals surface area contributed by atoms with E-state index in [1.54, 1.807) is 13.8 Å². The minimum atomic E-state index is -0.670. The smallest absolute Gasteiger partial charge is 0.331 e. The quantitative estimate of drug-likeness (QED) is 0.179. The van der Waals surface area contributed by atoms with Crippen molar-refractivity contribution in [3.05, 3.63) is 120 Å². The fourth-order valence-corrected chi connectivity index (χ4v) is 6.27. The third-order valence-corrected chi connectivity index (χ3v) is 8.89. The Hall–Kier alpha value is -4.92. The zero-order valence-corrected chi connectivity index (χ0v) is 26.2. The van der Waals surface area contributed by atoms with Crippen molar-refractivity contribution in [1.82, 2.24) is 0 Å². The summed E-state index contributed by atoms with van der Waals surface area (Å²) >= 11 is 0. The minimum absolute atomic E-state index is 0.555. The molecule has 4 atom stereocenters. The summed E-state index contributed by atoms with van der Waals surface area (Å²) in [5, 5.41) is 0. The van der Waals surface area contributed by atoms with Gasteiger partial charge in [-0.15, -0.1) is 0 Å². The van der Waals surface area contributed by atoms with Crippen LogP contribution in [0.5, 0.6) is 0 Å². The Morgan fingerprint density at radius 3 is 1.39 bits per heavy atom. The molecule has 8 heteroatoms. The molecular weight excluding hydrogens is 576 g/mol. The molecule has 4 aromatic carbocycles. The molecule has 0 spiro atoms. The van der Waals surface area contributed by atoms with Crippen molar-refractivity contribution < 1.29 is 19.1 Å². The third kappa shape index (κ3) is 6.68. The third-order valence-electron chi connectivity index (χ3n) is 8.89. The highest BCUT2D eigenvalue weighted by Gasteiger charge is 2.31. The number of hydrogen-bond donors (Lipinski definition) is 2. The van der Waals surface area contributed by atoms with Crippen LogP contribution in [0.2, 0.25) is 0 Å². The van der Waals surface area contributed by atoms with Crippen molar-refractivity contribution >= 4 is 23.3 Å². The first-order chi connectivity index (χ1) is 22.3. The van der Waals surface area contributed by atoms with E-state index in [9.17, 15) is 9.59 Å². The van der Waals surface area contributed by atoms with Crippen LogP contribution in [0.1, 0.15) is 25.0 Å². The number of nitrogens with zero attached hydrogens (tertiary/aromatic N) is 2. The van der Waals surface area contributed by atoms with E-state index in [2.05, 4.69) is 70.5 Å². The predicted octanol–water partition coefficient (Wildman–Crippen LogP) is 5.44. The summed E-state index contributed by atoms with van der Waals surface area (Å²) in [7, 11) is 0. The number of hydrogen-bond acceptors (Lipinski definition) is 8. The normalized spacial score (nSPS) is 16.4. The molecule has 46 heavy (non-hydrogen) atoms. The van der Waals surface area contributed by atoms with E-state index in [4.69, 9.17) is 20.9 Å².